The zero-order chi connectivity index (χ0) is 30.3. The molecule has 1 aromatic heterocycles. The summed E-state index contributed by atoms with van der Waals surface area (Å²) in [5.41, 5.74) is 1.34. The predicted molar refractivity (Wildman–Crippen MR) is 157 cm³/mol. The number of methoxy groups -OCH3 is 2. The van der Waals surface area contributed by atoms with Gasteiger partial charge in [0.25, 0.3) is 5.56 Å². The average molecular weight is 593 g/mol. The minimum atomic E-state index is -4.75. The molecule has 0 radical (unpaired) electrons. The number of β-amino-alcohol motifs (C(OH)–C–C–N with tert-alkyl or cyclic N) is 1. The van der Waals surface area contributed by atoms with E-state index in [1.54, 1.807) is 18.2 Å². The Morgan fingerprint density at radius 1 is 0.977 bits per heavy atom. The molecule has 0 saturated carbocycles. The minimum absolute atomic E-state index is 0.289. The summed E-state index contributed by atoms with van der Waals surface area (Å²) in [5, 5.41) is 14.7. The molecular formula is C32H31F3N4O4. The van der Waals surface area contributed by atoms with Crippen molar-refractivity contribution in [2.45, 2.75) is 31.7 Å². The van der Waals surface area contributed by atoms with Crippen molar-refractivity contribution in [3.8, 4) is 28.4 Å². The highest BCUT2D eigenvalue weighted by atomic mass is 19.4. The van der Waals surface area contributed by atoms with Crippen LogP contribution < -0.4 is 24.8 Å². The third-order valence-corrected chi connectivity index (χ3v) is 8.00. The lowest BCUT2D eigenvalue weighted by Crippen LogP contribution is -2.32. The van der Waals surface area contributed by atoms with E-state index >= 15 is 0 Å². The third-order valence-electron chi connectivity index (χ3n) is 8.00. The van der Waals surface area contributed by atoms with E-state index in [0.29, 0.717) is 72.2 Å². The summed E-state index contributed by atoms with van der Waals surface area (Å²) in [5.74, 6) is 0.958. The lowest BCUT2D eigenvalue weighted by Gasteiger charge is -2.23. The number of halogens is 3. The van der Waals surface area contributed by atoms with E-state index < -0.39 is 23.4 Å². The first-order chi connectivity index (χ1) is 20.7. The Bertz CT molecular complexity index is 1690. The molecule has 43 heavy (non-hydrogen) atoms. The monoisotopic (exact) mass is 592 g/mol. The number of rotatable bonds is 7. The number of benzene rings is 3. The highest BCUT2D eigenvalue weighted by Gasteiger charge is 2.37. The number of hydrogen-bond acceptors (Lipinski definition) is 7. The van der Waals surface area contributed by atoms with Gasteiger partial charge in [0.05, 0.1) is 37.3 Å². The number of alkyl halides is 3. The Balaban J connectivity index is 1.60. The van der Waals surface area contributed by atoms with Crippen LogP contribution in [0.2, 0.25) is 0 Å². The van der Waals surface area contributed by atoms with Crippen LogP contribution in [0.1, 0.15) is 23.1 Å². The molecule has 1 fully saturated rings. The summed E-state index contributed by atoms with van der Waals surface area (Å²) in [6.45, 7) is 1.68. The predicted octanol–water partition coefficient (Wildman–Crippen LogP) is 5.07. The lowest BCUT2D eigenvalue weighted by atomic mass is 10.0. The van der Waals surface area contributed by atoms with E-state index in [-0.39, 0.29) is 12.2 Å². The van der Waals surface area contributed by atoms with Crippen LogP contribution in [0.15, 0.2) is 71.5 Å². The molecule has 6 rings (SSSR count). The second-order valence-corrected chi connectivity index (χ2v) is 10.7. The van der Waals surface area contributed by atoms with Gasteiger partial charge in [-0.2, -0.15) is 23.0 Å². The number of ether oxygens (including phenoxy) is 2. The van der Waals surface area contributed by atoms with Crippen molar-refractivity contribution in [2.24, 2.45) is 0 Å². The largest absolute Gasteiger partial charge is 0.497 e. The van der Waals surface area contributed by atoms with Gasteiger partial charge in [0.2, 0.25) is 0 Å². The van der Waals surface area contributed by atoms with Crippen LogP contribution in [0.5, 0.6) is 11.5 Å². The standard InChI is InChI=1S/C32H31F3N4O4/c1-42-24-14-21(15-25(17-24)43-2)29-26-11-13-38(18-20-6-4-3-5-7-20)30(26)31(41)39(36-29)28-16-22(37-12-10-23(40)19-37)8-9-27(28)32(33,34)35/h3-9,14-17,23,40H,10-13,18-19H2,1-2H3/t23-/m0/s1. The van der Waals surface area contributed by atoms with Crippen LogP contribution in [0.25, 0.3) is 16.9 Å². The lowest BCUT2D eigenvalue weighted by molar-refractivity contribution is -0.137. The molecule has 0 bridgehead atoms. The van der Waals surface area contributed by atoms with Crippen molar-refractivity contribution in [3.63, 3.8) is 0 Å². The van der Waals surface area contributed by atoms with E-state index in [1.807, 2.05) is 40.1 Å². The maximum absolute atomic E-state index is 14.5. The quantitative estimate of drug-likeness (QED) is 0.321. The molecule has 4 aromatic rings. The molecule has 3 heterocycles. The number of aliphatic hydroxyl groups excluding tert-OH is 1. The first-order valence-corrected chi connectivity index (χ1v) is 14.0. The molecule has 3 aromatic carbocycles. The molecule has 11 heteroatoms. The molecule has 0 amide bonds. The molecule has 2 aliphatic rings. The zero-order valence-electron chi connectivity index (χ0n) is 23.8. The maximum Gasteiger partial charge on any atom is 0.418 e. The molecule has 0 spiro atoms. The Hall–Kier alpha value is -4.51. The molecule has 0 unspecified atom stereocenters. The normalized spacial score (nSPS) is 16.5. The topological polar surface area (TPSA) is 80.1 Å². The van der Waals surface area contributed by atoms with Gasteiger partial charge < -0.3 is 24.4 Å². The fourth-order valence-electron chi connectivity index (χ4n) is 5.88. The van der Waals surface area contributed by atoms with Crippen molar-refractivity contribution in [3.05, 3.63) is 93.8 Å². The molecular weight excluding hydrogens is 561 g/mol. The smallest absolute Gasteiger partial charge is 0.418 e. The molecule has 1 N–H and O–H groups in total. The van der Waals surface area contributed by atoms with Crippen LogP contribution in [-0.2, 0) is 19.1 Å². The second kappa shape index (κ2) is 11.3. The van der Waals surface area contributed by atoms with Gasteiger partial charge in [-0.1, -0.05) is 30.3 Å². The number of aliphatic hydroxyl groups is 1. The summed E-state index contributed by atoms with van der Waals surface area (Å²) < 4.78 is 55.2. The summed E-state index contributed by atoms with van der Waals surface area (Å²) in [4.78, 5) is 18.0. The van der Waals surface area contributed by atoms with Crippen molar-refractivity contribution in [1.82, 2.24) is 9.78 Å². The van der Waals surface area contributed by atoms with E-state index in [1.165, 1.54) is 26.4 Å². The summed E-state index contributed by atoms with van der Waals surface area (Å²) >= 11 is 0. The highest BCUT2D eigenvalue weighted by molar-refractivity contribution is 5.75. The zero-order valence-corrected chi connectivity index (χ0v) is 23.8. The number of anilines is 2. The van der Waals surface area contributed by atoms with Crippen LogP contribution >= 0.6 is 0 Å². The van der Waals surface area contributed by atoms with Crippen molar-refractivity contribution in [2.75, 3.05) is 43.7 Å². The van der Waals surface area contributed by atoms with Crippen LogP contribution in [0.4, 0.5) is 24.5 Å². The summed E-state index contributed by atoms with van der Waals surface area (Å²) in [6, 6.07) is 18.4. The van der Waals surface area contributed by atoms with Crippen LogP contribution in [-0.4, -0.2) is 54.8 Å². The van der Waals surface area contributed by atoms with Crippen molar-refractivity contribution >= 4 is 11.4 Å². The Kier molecular flexibility index (Phi) is 7.51. The molecule has 8 nitrogen and oxygen atoms in total. The summed E-state index contributed by atoms with van der Waals surface area (Å²) in [7, 11) is 3.02. The van der Waals surface area contributed by atoms with Gasteiger partial charge in [-0.25, -0.2) is 0 Å². The van der Waals surface area contributed by atoms with Gasteiger partial charge in [0.1, 0.15) is 17.2 Å². The second-order valence-electron chi connectivity index (χ2n) is 10.7. The van der Waals surface area contributed by atoms with Gasteiger partial charge in [0, 0.05) is 49.1 Å². The van der Waals surface area contributed by atoms with Gasteiger partial charge in [-0.15, -0.1) is 0 Å². The Morgan fingerprint density at radius 2 is 1.70 bits per heavy atom. The highest BCUT2D eigenvalue weighted by Crippen LogP contribution is 2.39. The molecule has 224 valence electrons. The van der Waals surface area contributed by atoms with Gasteiger partial charge >= 0.3 is 6.18 Å². The first-order valence-electron chi connectivity index (χ1n) is 14.0. The molecule has 1 atom stereocenters. The minimum Gasteiger partial charge on any atom is -0.497 e. The first kappa shape index (κ1) is 28.6. The SMILES string of the molecule is COc1cc(OC)cc(-c2nn(-c3cc(N4CC[C@H](O)C4)ccc3C(F)(F)F)c(=O)c3c2CCN3Cc2ccccc2)c1. The van der Waals surface area contributed by atoms with E-state index in [4.69, 9.17) is 9.47 Å². The molecule has 0 aliphatic carbocycles. The molecule has 2 aliphatic heterocycles. The third kappa shape index (κ3) is 5.52. The Labute approximate surface area is 246 Å². The summed E-state index contributed by atoms with van der Waals surface area (Å²) in [6.07, 6.45) is -4.34. The number of aromatic nitrogens is 2. The fourth-order valence-corrected chi connectivity index (χ4v) is 5.88. The van der Waals surface area contributed by atoms with Crippen molar-refractivity contribution in [1.29, 1.82) is 0 Å². The fraction of sp³-hybridized carbons (Fsp3) is 0.312. The number of nitrogens with zero attached hydrogens (tertiary/aromatic N) is 4. The number of fused-ring (bicyclic) bond motifs is 1. The maximum atomic E-state index is 14.5. The van der Waals surface area contributed by atoms with E-state index in [0.717, 1.165) is 16.3 Å². The van der Waals surface area contributed by atoms with Gasteiger partial charge in [-0.3, -0.25) is 4.79 Å². The molecule has 1 saturated heterocycles. The van der Waals surface area contributed by atoms with E-state index in [2.05, 4.69) is 5.10 Å². The van der Waals surface area contributed by atoms with Gasteiger partial charge in [0.15, 0.2) is 0 Å². The Morgan fingerprint density at radius 3 is 2.33 bits per heavy atom. The van der Waals surface area contributed by atoms with E-state index in [9.17, 15) is 23.1 Å². The van der Waals surface area contributed by atoms with Crippen LogP contribution in [0.3, 0.4) is 0 Å². The van der Waals surface area contributed by atoms with Crippen LogP contribution in [0, 0.1) is 0 Å². The average Bonchev–Trinajstić information content (AvgIpc) is 3.63. The van der Waals surface area contributed by atoms with Crippen molar-refractivity contribution < 1.29 is 27.8 Å². The van der Waals surface area contributed by atoms with Gasteiger partial charge in [-0.05, 0) is 48.7 Å². The number of hydrogen-bond donors (Lipinski definition) is 1.